The summed E-state index contributed by atoms with van der Waals surface area (Å²) in [6.07, 6.45) is 0. The quantitative estimate of drug-likeness (QED) is 0.380. The molecule has 0 N–H and O–H groups in total. The van der Waals surface area contributed by atoms with Crippen LogP contribution >= 0.6 is 0 Å². The van der Waals surface area contributed by atoms with E-state index in [0.717, 1.165) is 0 Å². The maximum atomic E-state index is 8.06. The molecule has 0 saturated carbocycles. The minimum Gasteiger partial charge on any atom is -2.00 e. The number of rotatable bonds is 0. The fourth-order valence-corrected chi connectivity index (χ4v) is 0. The molecule has 0 aliphatic heterocycles. The molecule has 0 radical (unpaired) electrons. The molecule has 0 aromatic heterocycles. The van der Waals surface area contributed by atoms with E-state index in [1.165, 1.54) is 0 Å². The molecular formula is AlCaO3Si+3. The van der Waals surface area contributed by atoms with Crippen LogP contribution in [0.3, 0.4) is 0 Å². The molecule has 0 amide bonds. The van der Waals surface area contributed by atoms with Crippen molar-refractivity contribution in [3.63, 3.8) is 0 Å². The smallest absolute Gasteiger partial charge is 2.00 e. The second kappa shape index (κ2) is 73.9. The average Bonchev–Trinajstić information content (AvgIpc) is 1.00. The summed E-state index contributed by atoms with van der Waals surface area (Å²) in [6, 6.07) is 0. The molecule has 0 aliphatic carbocycles. The molecule has 0 aromatic rings. The second-order valence-electron chi connectivity index (χ2n) is 0. The number of hydrogen-bond acceptors (Lipinski definition) is 1. The zero-order valence-corrected chi connectivity index (χ0v) is 7.37. The van der Waals surface area contributed by atoms with Gasteiger partial charge in [-0.2, -0.15) is 0 Å². The molecule has 0 aliphatic rings. The third-order valence-electron chi connectivity index (χ3n) is 0. The van der Waals surface area contributed by atoms with E-state index in [-0.39, 0.29) is 66.1 Å². The Balaban J connectivity index is -0.000000000833. The van der Waals surface area contributed by atoms with E-state index in [1.54, 1.807) is 10.1 Å². The van der Waals surface area contributed by atoms with E-state index < -0.39 is 0 Å². The molecule has 0 bridgehead atoms. The van der Waals surface area contributed by atoms with E-state index in [9.17, 15) is 0 Å². The van der Waals surface area contributed by atoms with Crippen LogP contribution in [-0.2, 0) is 15.4 Å². The van der Waals surface area contributed by atoms with Crippen LogP contribution in [0.4, 0.5) is 0 Å². The Morgan fingerprint density at radius 1 is 1.00 bits per heavy atom. The zero-order chi connectivity index (χ0) is 2.00. The van der Waals surface area contributed by atoms with Crippen LogP contribution in [0.25, 0.3) is 0 Å². The van der Waals surface area contributed by atoms with Crippen LogP contribution in [0.2, 0.25) is 0 Å². The Hall–Kier alpha value is 1.73. The monoisotopic (exact) mass is 143 g/mol. The van der Waals surface area contributed by atoms with Gasteiger partial charge in [-0.1, -0.05) is 0 Å². The van der Waals surface area contributed by atoms with Gasteiger partial charge in [-0.15, -0.1) is 0 Å². The first-order valence-electron chi connectivity index (χ1n) is 0.204. The van der Waals surface area contributed by atoms with E-state index in [0.29, 0.717) is 0 Å². The normalized spacial score (nSPS) is 1.00. The van der Waals surface area contributed by atoms with Gasteiger partial charge in [0.1, 0.15) is 0 Å². The van der Waals surface area contributed by atoms with Gasteiger partial charge < -0.3 is 11.0 Å². The molecule has 24 valence electrons. The minimum absolute atomic E-state index is 0. The van der Waals surface area contributed by atoms with Gasteiger partial charge in [-0.05, 0) is 0 Å². The van der Waals surface area contributed by atoms with Crippen LogP contribution in [0.1, 0.15) is 0 Å². The molecule has 0 atom stereocenters. The second-order valence-corrected chi connectivity index (χ2v) is 0. The standard InChI is InChI=1S/Al.Ca.OSi.2O/c;;1-2;;/q+3;2*+2;2*-2. The first-order valence-corrected chi connectivity index (χ1v) is 0.612. The summed E-state index contributed by atoms with van der Waals surface area (Å²) in [4.78, 5) is 0. The molecular weight excluding hydrogens is 143 g/mol. The Morgan fingerprint density at radius 2 is 1.00 bits per heavy atom. The molecule has 0 aromatic carbocycles. The summed E-state index contributed by atoms with van der Waals surface area (Å²) in [6.45, 7) is 0. The van der Waals surface area contributed by atoms with E-state index in [4.69, 9.17) is 4.46 Å². The fraction of sp³-hybridized carbons (Fsp3) is 0. The summed E-state index contributed by atoms with van der Waals surface area (Å²) in [5.74, 6) is 0. The van der Waals surface area contributed by atoms with Crippen molar-refractivity contribution < 1.29 is 15.4 Å². The van der Waals surface area contributed by atoms with Gasteiger partial charge in [-0.3, -0.25) is 0 Å². The van der Waals surface area contributed by atoms with Gasteiger partial charge in [0.2, 0.25) is 0 Å². The molecule has 6 heteroatoms. The summed E-state index contributed by atoms with van der Waals surface area (Å²) < 4.78 is 8.06. The Kier molecular flexibility index (Phi) is 579. The van der Waals surface area contributed by atoms with Crippen LogP contribution in [-0.4, -0.2) is 65.2 Å². The molecule has 0 heterocycles. The van der Waals surface area contributed by atoms with Crippen molar-refractivity contribution in [3.05, 3.63) is 0 Å². The van der Waals surface area contributed by atoms with Crippen LogP contribution in [0.15, 0.2) is 0 Å². The maximum Gasteiger partial charge on any atom is 3.00 e. The van der Waals surface area contributed by atoms with Crippen molar-refractivity contribution >= 4 is 65.2 Å². The number of hydrogen-bond donors (Lipinski definition) is 0. The first-order chi connectivity index (χ1) is 1.00. The Labute approximate surface area is 79.7 Å². The summed E-state index contributed by atoms with van der Waals surface area (Å²) in [5, 5.41) is 0. The van der Waals surface area contributed by atoms with Crippen LogP contribution in [0, 0.1) is 0 Å². The molecule has 3 nitrogen and oxygen atoms in total. The van der Waals surface area contributed by atoms with Crippen molar-refractivity contribution in [1.29, 1.82) is 0 Å². The van der Waals surface area contributed by atoms with Gasteiger partial charge in [-0.25, -0.2) is 0 Å². The molecule has 6 heavy (non-hydrogen) atoms. The van der Waals surface area contributed by atoms with E-state index in [1.807, 2.05) is 0 Å². The summed E-state index contributed by atoms with van der Waals surface area (Å²) in [5.41, 5.74) is 0. The average molecular weight is 143 g/mol. The van der Waals surface area contributed by atoms with Gasteiger partial charge in [0.15, 0.2) is 0 Å². The van der Waals surface area contributed by atoms with Crippen LogP contribution in [0.5, 0.6) is 0 Å². The molecule has 0 spiro atoms. The topological polar surface area (TPSA) is 74.1 Å². The zero-order valence-electron chi connectivity index (χ0n) is 3.01. The van der Waals surface area contributed by atoms with Crippen molar-refractivity contribution in [2.45, 2.75) is 0 Å². The summed E-state index contributed by atoms with van der Waals surface area (Å²) >= 11 is 0. The Morgan fingerprint density at radius 3 is 1.00 bits per heavy atom. The van der Waals surface area contributed by atoms with Crippen molar-refractivity contribution in [2.24, 2.45) is 0 Å². The van der Waals surface area contributed by atoms with E-state index >= 15 is 0 Å². The molecule has 0 fully saturated rings. The molecule has 0 rings (SSSR count). The van der Waals surface area contributed by atoms with Crippen molar-refractivity contribution in [2.75, 3.05) is 0 Å². The van der Waals surface area contributed by atoms with Gasteiger partial charge in [0.05, 0.1) is 0 Å². The van der Waals surface area contributed by atoms with Crippen LogP contribution < -0.4 is 0 Å². The van der Waals surface area contributed by atoms with E-state index in [2.05, 4.69) is 0 Å². The molecule has 0 saturated heterocycles. The first kappa shape index (κ1) is 47.0. The minimum atomic E-state index is 0. The third-order valence-corrected chi connectivity index (χ3v) is 0. The fourth-order valence-electron chi connectivity index (χ4n) is 0. The Bertz CT molecular complexity index is 10.8. The van der Waals surface area contributed by atoms with Gasteiger partial charge in [0, 0.05) is 0 Å². The largest absolute Gasteiger partial charge is 3.00 e. The predicted octanol–water partition coefficient (Wildman–Crippen LogP) is -1.50. The van der Waals surface area contributed by atoms with Gasteiger partial charge >= 0.3 is 69.7 Å². The SMILES string of the molecule is O=[Si+2].[Al+3].[Ca+2].[O-2].[O-2]. The molecule has 0 unspecified atom stereocenters. The van der Waals surface area contributed by atoms with Crippen molar-refractivity contribution in [3.8, 4) is 0 Å². The van der Waals surface area contributed by atoms with Gasteiger partial charge in [0.25, 0.3) is 0 Å². The van der Waals surface area contributed by atoms with Crippen molar-refractivity contribution in [1.82, 2.24) is 0 Å². The predicted molar refractivity (Wildman–Crippen MR) is 19.3 cm³/mol. The summed E-state index contributed by atoms with van der Waals surface area (Å²) in [7, 11) is 1.72. The maximum absolute atomic E-state index is 8.06. The third kappa shape index (κ3) is 42.9.